The molecule has 2 N–H and O–H groups in total. The predicted octanol–water partition coefficient (Wildman–Crippen LogP) is 2.32. The Morgan fingerprint density at radius 1 is 1.19 bits per heavy atom. The second-order valence-corrected chi connectivity index (χ2v) is 8.05. The number of amides is 1. The van der Waals surface area contributed by atoms with Gasteiger partial charge in [-0.05, 0) is 63.6 Å². The van der Waals surface area contributed by atoms with Crippen molar-refractivity contribution >= 4 is 11.9 Å². The van der Waals surface area contributed by atoms with Crippen LogP contribution in [0, 0.1) is 35.0 Å². The van der Waals surface area contributed by atoms with E-state index < -0.39 is 11.0 Å². The molecular weight excluding hydrogens is 330 g/mol. The van der Waals surface area contributed by atoms with Crippen LogP contribution in [0.4, 0.5) is 0 Å². The van der Waals surface area contributed by atoms with Gasteiger partial charge < -0.3 is 15.2 Å². The minimum atomic E-state index is -0.600. The Balaban J connectivity index is 1.61. The van der Waals surface area contributed by atoms with Crippen molar-refractivity contribution in [1.29, 1.82) is 0 Å². The molecule has 0 aromatic heterocycles. The summed E-state index contributed by atoms with van der Waals surface area (Å²) in [5.74, 6) is 5.66. The first-order valence-electron chi connectivity index (χ1n) is 8.85. The number of fused-ring (bicyclic) bond motifs is 1. The van der Waals surface area contributed by atoms with Gasteiger partial charge in [-0.3, -0.25) is 9.59 Å². The number of carbonyl (C=O) groups is 2. The maximum absolute atomic E-state index is 12.2. The summed E-state index contributed by atoms with van der Waals surface area (Å²) in [6.07, 6.45) is 0.548. The van der Waals surface area contributed by atoms with E-state index in [-0.39, 0.29) is 29.6 Å². The van der Waals surface area contributed by atoms with Crippen molar-refractivity contribution in [2.24, 2.45) is 28.9 Å². The average Bonchev–Trinajstić information content (AvgIpc) is 3.42. The van der Waals surface area contributed by atoms with Crippen molar-refractivity contribution in [2.45, 2.75) is 39.7 Å². The van der Waals surface area contributed by atoms with Gasteiger partial charge in [0.15, 0.2) is 0 Å². The monoisotopic (exact) mass is 355 g/mol. The van der Waals surface area contributed by atoms with Crippen molar-refractivity contribution in [1.82, 2.24) is 0 Å². The quantitative estimate of drug-likeness (QED) is 0.627. The minimum Gasteiger partial charge on any atom is -0.481 e. The zero-order valence-corrected chi connectivity index (χ0v) is 15.7. The second-order valence-electron chi connectivity index (χ2n) is 8.05. The SMILES string of the molecule is CC#CCOc1ccc(CC2(C(N)=O)C3C(C(=O)OC(C)(C)C)[C@@H]32)cc1. The molecule has 0 radical (unpaired) electrons. The van der Waals surface area contributed by atoms with Crippen molar-refractivity contribution in [3.05, 3.63) is 29.8 Å². The van der Waals surface area contributed by atoms with Gasteiger partial charge in [-0.15, -0.1) is 5.92 Å². The number of rotatable bonds is 6. The van der Waals surface area contributed by atoms with E-state index in [1.807, 2.05) is 45.0 Å². The van der Waals surface area contributed by atoms with E-state index in [0.717, 1.165) is 11.3 Å². The molecule has 3 unspecified atom stereocenters. The standard InChI is InChI=1S/C21H25NO4/c1-5-6-11-25-14-9-7-13(8-10-14)12-21(19(22)24)16-15(17(16)21)18(23)26-20(2,3)4/h7-10,15-17H,11-12H2,1-4H3,(H2,22,24)/t15?,16-,17?,21?/m0/s1. The molecule has 1 aromatic carbocycles. The van der Waals surface area contributed by atoms with Gasteiger partial charge in [-0.1, -0.05) is 18.1 Å². The summed E-state index contributed by atoms with van der Waals surface area (Å²) in [5, 5.41) is 0. The summed E-state index contributed by atoms with van der Waals surface area (Å²) in [6.45, 7) is 7.64. The molecule has 138 valence electrons. The molecule has 0 aliphatic heterocycles. The molecule has 3 rings (SSSR count). The Kier molecular flexibility index (Phi) is 4.47. The Labute approximate surface area is 154 Å². The first kappa shape index (κ1) is 18.3. The molecule has 1 amide bonds. The first-order valence-corrected chi connectivity index (χ1v) is 8.85. The van der Waals surface area contributed by atoms with E-state index >= 15 is 0 Å². The third kappa shape index (κ3) is 3.29. The van der Waals surface area contributed by atoms with Crippen LogP contribution in [0.25, 0.3) is 0 Å². The van der Waals surface area contributed by atoms with E-state index in [1.165, 1.54) is 0 Å². The molecule has 2 aliphatic rings. The van der Waals surface area contributed by atoms with Crippen LogP contribution in [0.3, 0.4) is 0 Å². The highest BCUT2D eigenvalue weighted by molar-refractivity contribution is 5.94. The lowest BCUT2D eigenvalue weighted by molar-refractivity contribution is -0.159. The highest BCUT2D eigenvalue weighted by atomic mass is 16.6. The Bertz CT molecular complexity index is 769. The van der Waals surface area contributed by atoms with Crippen LogP contribution in [0.2, 0.25) is 0 Å². The van der Waals surface area contributed by atoms with Gasteiger partial charge in [0.1, 0.15) is 18.0 Å². The molecule has 2 aliphatic carbocycles. The van der Waals surface area contributed by atoms with Crippen LogP contribution in [0.15, 0.2) is 24.3 Å². The van der Waals surface area contributed by atoms with E-state index in [0.29, 0.717) is 13.0 Å². The fraction of sp³-hybridized carbons (Fsp3) is 0.524. The second kappa shape index (κ2) is 6.35. The van der Waals surface area contributed by atoms with Crippen LogP contribution in [0.1, 0.15) is 33.3 Å². The minimum absolute atomic E-state index is 0.0191. The number of benzene rings is 1. The van der Waals surface area contributed by atoms with Gasteiger partial charge in [-0.2, -0.15) is 0 Å². The van der Waals surface area contributed by atoms with E-state index in [2.05, 4.69) is 11.8 Å². The van der Waals surface area contributed by atoms with Crippen LogP contribution in [-0.2, 0) is 20.7 Å². The first-order chi connectivity index (χ1) is 12.2. The molecule has 2 fully saturated rings. The highest BCUT2D eigenvalue weighted by Crippen LogP contribution is 2.82. The summed E-state index contributed by atoms with van der Waals surface area (Å²) < 4.78 is 10.9. The molecule has 2 saturated carbocycles. The topological polar surface area (TPSA) is 78.6 Å². The van der Waals surface area contributed by atoms with E-state index in [1.54, 1.807) is 6.92 Å². The number of ether oxygens (including phenoxy) is 2. The van der Waals surface area contributed by atoms with Gasteiger partial charge >= 0.3 is 5.97 Å². The molecule has 0 saturated heterocycles. The van der Waals surface area contributed by atoms with Gasteiger partial charge in [0, 0.05) is 0 Å². The maximum atomic E-state index is 12.2. The van der Waals surface area contributed by atoms with Crippen LogP contribution >= 0.6 is 0 Å². The number of carbonyl (C=O) groups excluding carboxylic acids is 2. The summed E-state index contributed by atoms with van der Waals surface area (Å²) in [6, 6.07) is 7.58. The number of nitrogens with two attached hydrogens (primary N) is 1. The molecular formula is C21H25NO4. The number of hydrogen-bond acceptors (Lipinski definition) is 4. The fourth-order valence-electron chi connectivity index (χ4n) is 3.88. The lowest BCUT2D eigenvalue weighted by Crippen LogP contribution is -2.39. The highest BCUT2D eigenvalue weighted by Gasteiger charge is 2.88. The normalized spacial score (nSPS) is 28.2. The molecule has 26 heavy (non-hydrogen) atoms. The third-order valence-electron chi connectivity index (χ3n) is 5.15. The smallest absolute Gasteiger partial charge is 0.310 e. The van der Waals surface area contributed by atoms with E-state index in [4.69, 9.17) is 15.2 Å². The fourth-order valence-corrected chi connectivity index (χ4v) is 3.88. The Morgan fingerprint density at radius 3 is 2.31 bits per heavy atom. The van der Waals surface area contributed by atoms with Gasteiger partial charge in [0.25, 0.3) is 0 Å². The average molecular weight is 355 g/mol. The molecule has 1 aromatic rings. The molecule has 4 atom stereocenters. The Hall–Kier alpha value is -2.48. The lowest BCUT2D eigenvalue weighted by Gasteiger charge is -2.26. The van der Waals surface area contributed by atoms with Crippen molar-refractivity contribution in [3.63, 3.8) is 0 Å². The van der Waals surface area contributed by atoms with Crippen molar-refractivity contribution in [3.8, 4) is 17.6 Å². The zero-order chi connectivity index (χ0) is 19.1. The summed E-state index contributed by atoms with van der Waals surface area (Å²) in [5.41, 5.74) is 5.56. The largest absolute Gasteiger partial charge is 0.481 e. The van der Waals surface area contributed by atoms with Crippen molar-refractivity contribution < 1.29 is 19.1 Å². The molecule has 5 nitrogen and oxygen atoms in total. The number of hydrogen-bond donors (Lipinski definition) is 1. The Morgan fingerprint density at radius 2 is 1.81 bits per heavy atom. The van der Waals surface area contributed by atoms with Crippen LogP contribution in [0.5, 0.6) is 5.75 Å². The zero-order valence-electron chi connectivity index (χ0n) is 15.7. The van der Waals surface area contributed by atoms with Crippen molar-refractivity contribution in [2.75, 3.05) is 6.61 Å². The van der Waals surface area contributed by atoms with Crippen LogP contribution < -0.4 is 10.5 Å². The van der Waals surface area contributed by atoms with Crippen LogP contribution in [-0.4, -0.2) is 24.1 Å². The molecule has 0 heterocycles. The predicted molar refractivity (Wildman–Crippen MR) is 97.0 cm³/mol. The maximum Gasteiger partial charge on any atom is 0.310 e. The third-order valence-corrected chi connectivity index (χ3v) is 5.15. The van der Waals surface area contributed by atoms with Gasteiger partial charge in [0.05, 0.1) is 11.3 Å². The summed E-state index contributed by atoms with van der Waals surface area (Å²) >= 11 is 0. The van der Waals surface area contributed by atoms with Gasteiger partial charge in [-0.25, -0.2) is 0 Å². The number of primary amides is 1. The number of esters is 1. The van der Waals surface area contributed by atoms with Gasteiger partial charge in [0.2, 0.25) is 5.91 Å². The lowest BCUT2D eigenvalue weighted by atomic mass is 9.82. The van der Waals surface area contributed by atoms with E-state index in [9.17, 15) is 9.59 Å². The molecule has 0 spiro atoms. The summed E-state index contributed by atoms with van der Waals surface area (Å²) in [4.78, 5) is 24.2. The molecule has 5 heteroatoms. The molecule has 0 bridgehead atoms. The summed E-state index contributed by atoms with van der Waals surface area (Å²) in [7, 11) is 0.